The standard InChI is InChI=1S/C19H33NO/c1-3-5-7-8-11-16-15-18(21)17-12-9-10-14-19(17,20-16)13-6-4-2/h4,16-17,20H,2-3,5-15H2,1H3/t16-,17+,19+/m0/s1. The third-order valence-corrected chi connectivity index (χ3v) is 5.56. The lowest BCUT2D eigenvalue weighted by Crippen LogP contribution is -2.63. The Hall–Kier alpha value is -0.630. The first-order valence-corrected chi connectivity index (χ1v) is 9.13. The minimum Gasteiger partial charge on any atom is -0.307 e. The topological polar surface area (TPSA) is 29.1 Å². The van der Waals surface area contributed by atoms with Gasteiger partial charge in [0.05, 0.1) is 0 Å². The minimum absolute atomic E-state index is 0.0944. The van der Waals surface area contributed by atoms with Gasteiger partial charge in [-0.1, -0.05) is 51.5 Å². The van der Waals surface area contributed by atoms with E-state index in [2.05, 4.69) is 18.8 Å². The van der Waals surface area contributed by atoms with Crippen molar-refractivity contribution in [2.24, 2.45) is 5.92 Å². The van der Waals surface area contributed by atoms with Gasteiger partial charge >= 0.3 is 0 Å². The summed E-state index contributed by atoms with van der Waals surface area (Å²) in [4.78, 5) is 12.6. The largest absolute Gasteiger partial charge is 0.307 e. The average Bonchev–Trinajstić information content (AvgIpc) is 2.50. The third-order valence-electron chi connectivity index (χ3n) is 5.56. The van der Waals surface area contributed by atoms with Crippen molar-refractivity contribution in [1.29, 1.82) is 0 Å². The lowest BCUT2D eigenvalue weighted by Gasteiger charge is -2.50. The number of carbonyl (C=O) groups excluding carboxylic acids is 1. The smallest absolute Gasteiger partial charge is 0.139 e. The first-order valence-electron chi connectivity index (χ1n) is 9.13. The highest BCUT2D eigenvalue weighted by Gasteiger charge is 2.48. The van der Waals surface area contributed by atoms with Crippen LogP contribution in [0.25, 0.3) is 0 Å². The van der Waals surface area contributed by atoms with Crippen molar-refractivity contribution >= 4 is 5.78 Å². The number of nitrogens with one attached hydrogen (secondary N) is 1. The van der Waals surface area contributed by atoms with E-state index in [-0.39, 0.29) is 11.5 Å². The fraction of sp³-hybridized carbons (Fsp3) is 0.842. The molecule has 0 aromatic heterocycles. The summed E-state index contributed by atoms with van der Waals surface area (Å²) in [6.45, 7) is 6.12. The second-order valence-electron chi connectivity index (χ2n) is 7.14. The number of piperidine rings is 1. The Kier molecular flexibility index (Phi) is 6.47. The fourth-order valence-electron chi connectivity index (χ4n) is 4.45. The first-order chi connectivity index (χ1) is 10.2. The molecule has 2 nitrogen and oxygen atoms in total. The summed E-state index contributed by atoms with van der Waals surface area (Å²) in [7, 11) is 0. The zero-order valence-electron chi connectivity index (χ0n) is 13.8. The molecule has 0 radical (unpaired) electrons. The number of allylic oxidation sites excluding steroid dienone is 1. The van der Waals surface area contributed by atoms with Crippen LogP contribution in [0.5, 0.6) is 0 Å². The molecular formula is C19H33NO. The molecule has 1 saturated carbocycles. The van der Waals surface area contributed by atoms with Crippen LogP contribution < -0.4 is 5.32 Å². The summed E-state index contributed by atoms with van der Waals surface area (Å²) in [6, 6.07) is 0.425. The van der Waals surface area contributed by atoms with Gasteiger partial charge in [-0.05, 0) is 32.1 Å². The second kappa shape index (κ2) is 8.12. The maximum atomic E-state index is 12.6. The molecule has 1 aliphatic carbocycles. The Morgan fingerprint density at radius 3 is 2.95 bits per heavy atom. The number of fused-ring (bicyclic) bond motifs is 1. The summed E-state index contributed by atoms with van der Waals surface area (Å²) in [5, 5.41) is 3.94. The van der Waals surface area contributed by atoms with Crippen LogP contribution in [0.2, 0.25) is 0 Å². The van der Waals surface area contributed by atoms with Crippen LogP contribution in [0.3, 0.4) is 0 Å². The van der Waals surface area contributed by atoms with Gasteiger partial charge in [-0.15, -0.1) is 6.58 Å². The van der Waals surface area contributed by atoms with Crippen molar-refractivity contribution in [1.82, 2.24) is 5.32 Å². The van der Waals surface area contributed by atoms with E-state index < -0.39 is 0 Å². The molecule has 0 bridgehead atoms. The summed E-state index contributed by atoms with van der Waals surface area (Å²) < 4.78 is 0. The van der Waals surface area contributed by atoms with Crippen LogP contribution >= 0.6 is 0 Å². The van der Waals surface area contributed by atoms with Gasteiger partial charge in [0.1, 0.15) is 5.78 Å². The van der Waals surface area contributed by atoms with Crippen molar-refractivity contribution in [3.63, 3.8) is 0 Å². The molecule has 1 N–H and O–H groups in total. The van der Waals surface area contributed by atoms with Crippen LogP contribution in [-0.2, 0) is 4.79 Å². The molecule has 0 aromatic rings. The van der Waals surface area contributed by atoms with Crippen LogP contribution in [-0.4, -0.2) is 17.4 Å². The van der Waals surface area contributed by atoms with E-state index in [0.717, 1.165) is 25.7 Å². The Labute approximate surface area is 130 Å². The molecule has 120 valence electrons. The average molecular weight is 291 g/mol. The number of carbonyl (C=O) groups is 1. The van der Waals surface area contributed by atoms with Crippen molar-refractivity contribution in [3.8, 4) is 0 Å². The Balaban J connectivity index is 1.98. The fourth-order valence-corrected chi connectivity index (χ4v) is 4.45. The first kappa shape index (κ1) is 16.7. The minimum atomic E-state index is 0.0944. The van der Waals surface area contributed by atoms with E-state index in [1.54, 1.807) is 0 Å². The van der Waals surface area contributed by atoms with E-state index in [1.165, 1.54) is 51.4 Å². The molecule has 2 heteroatoms. The molecule has 1 saturated heterocycles. The Morgan fingerprint density at radius 2 is 2.19 bits per heavy atom. The summed E-state index contributed by atoms with van der Waals surface area (Å²) >= 11 is 0. The van der Waals surface area contributed by atoms with Gasteiger partial charge in [0.15, 0.2) is 0 Å². The molecule has 0 spiro atoms. The highest BCUT2D eigenvalue weighted by atomic mass is 16.1. The molecule has 2 aliphatic rings. The van der Waals surface area contributed by atoms with Gasteiger partial charge in [0.2, 0.25) is 0 Å². The quantitative estimate of drug-likeness (QED) is 0.515. The number of ketones is 1. The number of hydrogen-bond donors (Lipinski definition) is 1. The molecule has 21 heavy (non-hydrogen) atoms. The number of hydrogen-bond acceptors (Lipinski definition) is 2. The molecule has 2 fully saturated rings. The molecule has 0 aromatic carbocycles. The number of rotatable bonds is 8. The van der Waals surface area contributed by atoms with E-state index in [1.807, 2.05) is 6.08 Å². The Morgan fingerprint density at radius 1 is 1.33 bits per heavy atom. The lowest BCUT2D eigenvalue weighted by atomic mass is 9.64. The SMILES string of the molecule is C=CCC[C@@]12CCCC[C@@H]1C(=O)C[C@H](CCCCCC)N2. The monoisotopic (exact) mass is 291 g/mol. The summed E-state index contributed by atoms with van der Waals surface area (Å²) in [5.41, 5.74) is 0.0944. The van der Waals surface area contributed by atoms with E-state index in [0.29, 0.717) is 11.8 Å². The molecule has 0 unspecified atom stereocenters. The molecule has 1 heterocycles. The zero-order valence-corrected chi connectivity index (χ0v) is 13.8. The summed E-state index contributed by atoms with van der Waals surface area (Å²) in [6.07, 6.45) is 16.1. The molecule has 1 aliphatic heterocycles. The van der Waals surface area contributed by atoms with E-state index in [4.69, 9.17) is 0 Å². The normalized spacial score (nSPS) is 32.7. The Bertz CT molecular complexity index is 351. The molecule has 2 rings (SSSR count). The summed E-state index contributed by atoms with van der Waals surface area (Å²) in [5.74, 6) is 0.816. The van der Waals surface area contributed by atoms with Crippen molar-refractivity contribution < 1.29 is 4.79 Å². The van der Waals surface area contributed by atoms with Gasteiger partial charge in [0.25, 0.3) is 0 Å². The second-order valence-corrected chi connectivity index (χ2v) is 7.14. The highest BCUT2D eigenvalue weighted by molar-refractivity contribution is 5.84. The van der Waals surface area contributed by atoms with Crippen molar-refractivity contribution in [2.45, 2.75) is 95.6 Å². The zero-order chi connectivity index (χ0) is 15.1. The number of Topliss-reactive ketones (excluding diaryl/α,β-unsaturated/α-hetero) is 1. The van der Waals surface area contributed by atoms with Gasteiger partial charge in [-0.3, -0.25) is 4.79 Å². The predicted molar refractivity (Wildman–Crippen MR) is 89.4 cm³/mol. The molecule has 3 atom stereocenters. The highest BCUT2D eigenvalue weighted by Crippen LogP contribution is 2.42. The van der Waals surface area contributed by atoms with Crippen LogP contribution in [0.4, 0.5) is 0 Å². The van der Waals surface area contributed by atoms with Crippen molar-refractivity contribution in [3.05, 3.63) is 12.7 Å². The van der Waals surface area contributed by atoms with Crippen LogP contribution in [0, 0.1) is 5.92 Å². The van der Waals surface area contributed by atoms with Gasteiger partial charge in [0, 0.05) is 23.9 Å². The molecule has 0 amide bonds. The number of unbranched alkanes of at least 4 members (excludes halogenated alkanes) is 3. The maximum Gasteiger partial charge on any atom is 0.139 e. The predicted octanol–water partition coefficient (Wildman–Crippen LogP) is 4.78. The van der Waals surface area contributed by atoms with Crippen molar-refractivity contribution in [2.75, 3.05) is 0 Å². The van der Waals surface area contributed by atoms with Gasteiger partial charge < -0.3 is 5.32 Å². The van der Waals surface area contributed by atoms with E-state index >= 15 is 0 Å². The maximum absolute atomic E-state index is 12.6. The van der Waals surface area contributed by atoms with Gasteiger partial charge in [-0.25, -0.2) is 0 Å². The van der Waals surface area contributed by atoms with E-state index in [9.17, 15) is 4.79 Å². The van der Waals surface area contributed by atoms with Crippen LogP contribution in [0.1, 0.15) is 84.0 Å². The van der Waals surface area contributed by atoms with Crippen LogP contribution in [0.15, 0.2) is 12.7 Å². The third kappa shape index (κ3) is 4.18. The molecular weight excluding hydrogens is 258 g/mol. The lowest BCUT2D eigenvalue weighted by molar-refractivity contribution is -0.131. The van der Waals surface area contributed by atoms with Gasteiger partial charge in [-0.2, -0.15) is 0 Å².